The highest BCUT2D eigenvalue weighted by Gasteiger charge is 2.18. The maximum Gasteiger partial charge on any atom is 0.0435 e. The standard InChI is InChI=1S/C18H32N4.C9H11N.C3H7N/c19-10-4-5-11-20-15-18-16-22(14-12-21-18)13-6-9-17-7-2-1-3-8-17;1-2-6-9-8(4-1)5-3-7-10-9;1-3(2)4/h1-3,7-8,18,20-21H,4-6,9-16,19H2;3,5,7H,1-2,4,6H2;1,4H2,2H3. The Morgan fingerprint density at radius 2 is 1.89 bits per heavy atom. The molecule has 1 atom stereocenters. The molecule has 6 N–H and O–H groups in total. The van der Waals surface area contributed by atoms with E-state index in [1.54, 1.807) is 6.92 Å². The van der Waals surface area contributed by atoms with E-state index in [1.165, 1.54) is 81.4 Å². The molecule has 0 bridgehead atoms. The number of nitrogens with zero attached hydrogens (tertiary/aromatic N) is 2. The van der Waals surface area contributed by atoms with Gasteiger partial charge >= 0.3 is 0 Å². The first-order valence-electron chi connectivity index (χ1n) is 13.8. The van der Waals surface area contributed by atoms with Crippen LogP contribution in [0.2, 0.25) is 0 Å². The molecule has 4 rings (SSSR count). The maximum atomic E-state index is 5.51. The molecule has 2 aliphatic rings. The van der Waals surface area contributed by atoms with Crippen molar-refractivity contribution in [3.63, 3.8) is 0 Å². The predicted octanol–water partition coefficient (Wildman–Crippen LogP) is 3.66. The van der Waals surface area contributed by atoms with E-state index in [9.17, 15) is 0 Å². The summed E-state index contributed by atoms with van der Waals surface area (Å²) in [5.74, 6) is 0. The lowest BCUT2D eigenvalue weighted by Gasteiger charge is -2.34. The van der Waals surface area contributed by atoms with Crippen LogP contribution in [0.15, 0.2) is 60.9 Å². The topological polar surface area (TPSA) is 92.2 Å². The van der Waals surface area contributed by atoms with Gasteiger partial charge in [-0.25, -0.2) is 0 Å². The zero-order valence-electron chi connectivity index (χ0n) is 22.6. The molecule has 0 radical (unpaired) electrons. The molecular formula is C30H50N6. The van der Waals surface area contributed by atoms with E-state index in [4.69, 9.17) is 11.5 Å². The van der Waals surface area contributed by atoms with Crippen LogP contribution in [0, 0.1) is 0 Å². The summed E-state index contributed by atoms with van der Waals surface area (Å²) in [7, 11) is 0. The third-order valence-corrected chi connectivity index (χ3v) is 6.41. The summed E-state index contributed by atoms with van der Waals surface area (Å²) in [5.41, 5.74) is 15.3. The van der Waals surface area contributed by atoms with Crippen LogP contribution in [0.25, 0.3) is 0 Å². The molecule has 0 saturated carbocycles. The lowest BCUT2D eigenvalue weighted by molar-refractivity contribution is 0.195. The Morgan fingerprint density at radius 1 is 1.11 bits per heavy atom. The summed E-state index contributed by atoms with van der Waals surface area (Å²) in [6.07, 6.45) is 11.7. The van der Waals surface area contributed by atoms with E-state index in [0.717, 1.165) is 32.6 Å². The van der Waals surface area contributed by atoms with Crippen molar-refractivity contribution in [1.29, 1.82) is 0 Å². The van der Waals surface area contributed by atoms with Crippen molar-refractivity contribution in [3.8, 4) is 0 Å². The van der Waals surface area contributed by atoms with Gasteiger partial charge in [-0.2, -0.15) is 0 Å². The van der Waals surface area contributed by atoms with Crippen LogP contribution in [0.3, 0.4) is 0 Å². The molecule has 6 heteroatoms. The number of nitrogens with two attached hydrogens (primary N) is 2. The molecule has 1 aliphatic carbocycles. The Morgan fingerprint density at radius 3 is 2.64 bits per heavy atom. The van der Waals surface area contributed by atoms with E-state index in [-0.39, 0.29) is 0 Å². The lowest BCUT2D eigenvalue weighted by Crippen LogP contribution is -2.54. The average molecular weight is 495 g/mol. The van der Waals surface area contributed by atoms with Gasteiger partial charge < -0.3 is 27.0 Å². The monoisotopic (exact) mass is 494 g/mol. The Bertz CT molecular complexity index is 796. The van der Waals surface area contributed by atoms with E-state index in [1.807, 2.05) is 12.3 Å². The van der Waals surface area contributed by atoms with Crippen molar-refractivity contribution in [3.05, 3.63) is 77.8 Å². The smallest absolute Gasteiger partial charge is 0.0435 e. The second-order valence-electron chi connectivity index (χ2n) is 9.90. The van der Waals surface area contributed by atoms with E-state index < -0.39 is 0 Å². The highest BCUT2D eigenvalue weighted by molar-refractivity contribution is 5.21. The molecule has 1 saturated heterocycles. The van der Waals surface area contributed by atoms with Crippen molar-refractivity contribution in [2.45, 2.75) is 64.3 Å². The number of hydrogen-bond acceptors (Lipinski definition) is 6. The van der Waals surface area contributed by atoms with E-state index in [2.05, 4.69) is 63.5 Å². The van der Waals surface area contributed by atoms with E-state index in [0.29, 0.717) is 11.7 Å². The Kier molecular flexibility index (Phi) is 15.8. The van der Waals surface area contributed by atoms with Gasteiger partial charge in [0.15, 0.2) is 0 Å². The van der Waals surface area contributed by atoms with Gasteiger partial charge in [0.2, 0.25) is 0 Å². The van der Waals surface area contributed by atoms with Crippen LogP contribution >= 0.6 is 0 Å². The molecule has 1 unspecified atom stereocenters. The van der Waals surface area contributed by atoms with Crippen LogP contribution in [0.1, 0.15) is 55.8 Å². The second kappa shape index (κ2) is 18.9. The summed E-state index contributed by atoms with van der Waals surface area (Å²) in [6.45, 7) is 12.7. The van der Waals surface area contributed by atoms with Gasteiger partial charge in [-0.15, -0.1) is 0 Å². The molecule has 1 fully saturated rings. The summed E-state index contributed by atoms with van der Waals surface area (Å²) in [6, 6.07) is 15.6. The summed E-state index contributed by atoms with van der Waals surface area (Å²) in [4.78, 5) is 6.92. The third kappa shape index (κ3) is 13.7. The Balaban J connectivity index is 0.000000266. The van der Waals surface area contributed by atoms with Crippen LogP contribution in [-0.2, 0) is 19.3 Å². The first-order chi connectivity index (χ1) is 17.6. The van der Waals surface area contributed by atoms with Crippen molar-refractivity contribution in [2.75, 3.05) is 45.8 Å². The number of allylic oxidation sites excluding steroid dienone is 1. The number of nitrogens with one attached hydrogen (secondary N) is 2. The average Bonchev–Trinajstić information content (AvgIpc) is 2.90. The minimum atomic E-state index is 0.586. The van der Waals surface area contributed by atoms with Gasteiger partial charge in [0.05, 0.1) is 0 Å². The van der Waals surface area contributed by atoms with Gasteiger partial charge in [0, 0.05) is 44.1 Å². The number of aryl methyl sites for hydroxylation is 3. The summed E-state index contributed by atoms with van der Waals surface area (Å²) < 4.78 is 0. The summed E-state index contributed by atoms with van der Waals surface area (Å²) >= 11 is 0. The fourth-order valence-electron chi connectivity index (χ4n) is 4.59. The lowest BCUT2D eigenvalue weighted by atomic mass is 9.96. The zero-order chi connectivity index (χ0) is 25.8. The summed E-state index contributed by atoms with van der Waals surface area (Å²) in [5, 5.41) is 7.17. The van der Waals surface area contributed by atoms with Gasteiger partial charge in [-0.05, 0) is 101 Å². The molecule has 200 valence electrons. The number of aromatic nitrogens is 1. The van der Waals surface area contributed by atoms with Crippen molar-refractivity contribution in [1.82, 2.24) is 20.5 Å². The predicted molar refractivity (Wildman–Crippen MR) is 154 cm³/mol. The molecule has 1 aromatic heterocycles. The normalized spacial score (nSPS) is 17.1. The number of benzene rings is 1. The van der Waals surface area contributed by atoms with Gasteiger partial charge in [0.25, 0.3) is 0 Å². The van der Waals surface area contributed by atoms with Crippen LogP contribution < -0.4 is 22.1 Å². The fourth-order valence-corrected chi connectivity index (χ4v) is 4.59. The molecule has 36 heavy (non-hydrogen) atoms. The van der Waals surface area contributed by atoms with E-state index >= 15 is 0 Å². The van der Waals surface area contributed by atoms with Crippen LogP contribution in [-0.4, -0.2) is 61.7 Å². The van der Waals surface area contributed by atoms with Crippen LogP contribution in [0.5, 0.6) is 0 Å². The minimum Gasteiger partial charge on any atom is -0.403 e. The molecular weight excluding hydrogens is 444 g/mol. The third-order valence-electron chi connectivity index (χ3n) is 6.41. The SMILES string of the molecule is C=C(C)N.NCCCCNCC1CN(CCCc2ccccc2)CCN1.c1cnc2c(c1)CCCC2. The molecule has 2 heterocycles. The number of fused-ring (bicyclic) bond motifs is 1. The van der Waals surface area contributed by atoms with Crippen LogP contribution in [0.4, 0.5) is 0 Å². The van der Waals surface area contributed by atoms with Crippen molar-refractivity contribution in [2.24, 2.45) is 11.5 Å². The van der Waals surface area contributed by atoms with Crippen molar-refractivity contribution >= 4 is 0 Å². The Labute approximate surface area is 219 Å². The number of rotatable bonds is 10. The van der Waals surface area contributed by atoms with Crippen molar-refractivity contribution < 1.29 is 0 Å². The first kappa shape index (κ1) is 30.0. The zero-order valence-corrected chi connectivity index (χ0v) is 22.6. The first-order valence-corrected chi connectivity index (χ1v) is 13.8. The minimum absolute atomic E-state index is 0.586. The Hall–Kier alpha value is -2.25. The number of hydrogen-bond donors (Lipinski definition) is 4. The molecule has 1 aliphatic heterocycles. The number of piperazine rings is 1. The molecule has 6 nitrogen and oxygen atoms in total. The van der Waals surface area contributed by atoms with Gasteiger partial charge in [-0.1, -0.05) is 43.0 Å². The van der Waals surface area contributed by atoms with Gasteiger partial charge in [0.1, 0.15) is 0 Å². The highest BCUT2D eigenvalue weighted by Crippen LogP contribution is 2.17. The maximum absolute atomic E-state index is 5.51. The number of pyridine rings is 1. The molecule has 1 aromatic carbocycles. The quantitative estimate of drug-likeness (QED) is 0.377. The molecule has 0 amide bonds. The fraction of sp³-hybridized carbons (Fsp3) is 0.567. The highest BCUT2D eigenvalue weighted by atomic mass is 15.2. The number of unbranched alkanes of at least 4 members (excludes halogenated alkanes) is 1. The van der Waals surface area contributed by atoms with Gasteiger partial charge in [-0.3, -0.25) is 4.98 Å². The molecule has 2 aromatic rings. The second-order valence-corrected chi connectivity index (χ2v) is 9.90. The molecule has 0 spiro atoms. The largest absolute Gasteiger partial charge is 0.403 e.